The van der Waals surface area contributed by atoms with Crippen molar-refractivity contribution in [2.75, 3.05) is 19.9 Å². The molecule has 6 unspecified atom stereocenters. The number of ether oxygens (including phenoxy) is 2. The first-order chi connectivity index (χ1) is 19.1. The van der Waals surface area contributed by atoms with E-state index < -0.39 is 0 Å². The second-order valence-corrected chi connectivity index (χ2v) is 10.9. The fourth-order valence-corrected chi connectivity index (χ4v) is 6.52. The minimum Gasteiger partial charge on any atom is -0.457 e. The number of benzene rings is 2. The van der Waals surface area contributed by atoms with Crippen molar-refractivity contribution in [3.05, 3.63) is 72.8 Å². The predicted molar refractivity (Wildman–Crippen MR) is 150 cm³/mol. The van der Waals surface area contributed by atoms with Crippen LogP contribution in [0.1, 0.15) is 30.7 Å². The van der Waals surface area contributed by atoms with Crippen LogP contribution in [0.2, 0.25) is 0 Å². The highest BCUT2D eigenvalue weighted by molar-refractivity contribution is 5.87. The number of nitrogens with one attached hydrogen (secondary N) is 3. The molecule has 0 bridgehead atoms. The average Bonchev–Trinajstić information content (AvgIpc) is 3.57. The Morgan fingerprint density at radius 2 is 1.87 bits per heavy atom. The molecule has 3 heterocycles. The van der Waals surface area contributed by atoms with Gasteiger partial charge in [0.1, 0.15) is 11.5 Å². The molecule has 2 aromatic carbocycles. The maximum absolute atomic E-state index is 11.7. The molecule has 4 fully saturated rings. The van der Waals surface area contributed by atoms with Crippen molar-refractivity contribution in [3.8, 4) is 23.3 Å². The molecule has 6 rings (SSSR count). The normalized spacial score (nSPS) is 33.8. The molecule has 0 radical (unpaired) electrons. The SMILES string of the molecule is C=CC(=O)NC1CC(C#CC2C(c3ccc(Oc4ccccc4)cc3)C3C(N)NCNC3N2C2CCOC2)C1. The molecule has 8 heteroatoms. The second kappa shape index (κ2) is 11.5. The standard InChI is InChI=1S/C31H37N5O3/c1-2-27(37)35-22-16-20(17-22)8-13-26-28(21-9-11-25(12-10-21)39-24-6-4-3-5-7-24)29-30(32)33-19-34-31(29)36(26)23-14-15-38-18-23/h2-7,9-12,20,22-23,26,28-31,33-34H,1,14-19,32H2,(H,35,37). The van der Waals surface area contributed by atoms with Gasteiger partial charge in [-0.1, -0.05) is 48.8 Å². The molecular formula is C31H37N5O3. The first-order valence-corrected chi connectivity index (χ1v) is 13.9. The lowest BCUT2D eigenvalue weighted by atomic mass is 9.79. The summed E-state index contributed by atoms with van der Waals surface area (Å²) in [5.74, 6) is 9.31. The zero-order valence-electron chi connectivity index (χ0n) is 22.1. The van der Waals surface area contributed by atoms with E-state index in [-0.39, 0.29) is 48.1 Å². The van der Waals surface area contributed by atoms with Crippen molar-refractivity contribution in [1.82, 2.24) is 20.9 Å². The summed E-state index contributed by atoms with van der Waals surface area (Å²) in [7, 11) is 0. The molecule has 4 aliphatic rings. The highest BCUT2D eigenvalue weighted by atomic mass is 16.5. The van der Waals surface area contributed by atoms with Crippen LogP contribution in [0.3, 0.4) is 0 Å². The number of para-hydroxylation sites is 1. The van der Waals surface area contributed by atoms with Crippen molar-refractivity contribution < 1.29 is 14.3 Å². The van der Waals surface area contributed by atoms with Crippen molar-refractivity contribution in [1.29, 1.82) is 0 Å². The van der Waals surface area contributed by atoms with E-state index in [1.807, 2.05) is 42.5 Å². The molecule has 3 saturated heterocycles. The van der Waals surface area contributed by atoms with Crippen molar-refractivity contribution in [2.45, 2.75) is 55.6 Å². The Morgan fingerprint density at radius 1 is 1.10 bits per heavy atom. The van der Waals surface area contributed by atoms with Gasteiger partial charge in [-0.3, -0.25) is 20.3 Å². The number of carbonyl (C=O) groups excluding carboxylic acids is 1. The van der Waals surface area contributed by atoms with Gasteiger partial charge in [0.05, 0.1) is 25.0 Å². The summed E-state index contributed by atoms with van der Waals surface area (Å²) in [5, 5.41) is 10.1. The monoisotopic (exact) mass is 527 g/mol. The van der Waals surface area contributed by atoms with Gasteiger partial charge in [-0.25, -0.2) is 0 Å². The van der Waals surface area contributed by atoms with E-state index in [4.69, 9.17) is 15.2 Å². The lowest BCUT2D eigenvalue weighted by Crippen LogP contribution is -2.64. The third-order valence-corrected chi connectivity index (χ3v) is 8.50. The van der Waals surface area contributed by atoms with Crippen LogP contribution in [0.15, 0.2) is 67.3 Å². The molecule has 1 amide bonds. The van der Waals surface area contributed by atoms with Crippen LogP contribution in [0.25, 0.3) is 0 Å². The highest BCUT2D eigenvalue weighted by Gasteiger charge is 2.54. The smallest absolute Gasteiger partial charge is 0.243 e. The molecule has 3 aliphatic heterocycles. The predicted octanol–water partition coefficient (Wildman–Crippen LogP) is 2.50. The fraction of sp³-hybridized carbons (Fsp3) is 0.452. The molecule has 1 aliphatic carbocycles. The van der Waals surface area contributed by atoms with E-state index in [0.717, 1.165) is 37.4 Å². The van der Waals surface area contributed by atoms with E-state index in [9.17, 15) is 4.79 Å². The number of nitrogens with two attached hydrogens (primary N) is 1. The first kappa shape index (κ1) is 26.1. The number of likely N-dealkylation sites (tertiary alicyclic amines) is 1. The molecule has 6 atom stereocenters. The fourth-order valence-electron chi connectivity index (χ4n) is 6.52. The summed E-state index contributed by atoms with van der Waals surface area (Å²) in [6.07, 6.45) is 4.01. The van der Waals surface area contributed by atoms with Crippen LogP contribution in [0.4, 0.5) is 0 Å². The van der Waals surface area contributed by atoms with Crippen LogP contribution >= 0.6 is 0 Å². The van der Waals surface area contributed by atoms with Crippen LogP contribution < -0.4 is 26.4 Å². The van der Waals surface area contributed by atoms with Gasteiger partial charge < -0.3 is 20.5 Å². The Kier molecular flexibility index (Phi) is 7.69. The van der Waals surface area contributed by atoms with E-state index in [0.29, 0.717) is 19.3 Å². The molecular weight excluding hydrogens is 490 g/mol. The minimum absolute atomic E-state index is 0.00661. The van der Waals surface area contributed by atoms with Crippen LogP contribution in [-0.4, -0.2) is 61.1 Å². The highest BCUT2D eigenvalue weighted by Crippen LogP contribution is 2.45. The summed E-state index contributed by atoms with van der Waals surface area (Å²) < 4.78 is 11.9. The molecule has 39 heavy (non-hydrogen) atoms. The van der Waals surface area contributed by atoms with Crippen LogP contribution in [0.5, 0.6) is 11.5 Å². The Labute approximate surface area is 230 Å². The lowest BCUT2D eigenvalue weighted by Gasteiger charge is -2.40. The molecule has 204 valence electrons. The number of carbonyl (C=O) groups is 1. The number of hydrogen-bond donors (Lipinski definition) is 4. The van der Waals surface area contributed by atoms with Gasteiger partial charge in [-0.2, -0.15) is 0 Å². The van der Waals surface area contributed by atoms with E-state index in [1.54, 1.807) is 0 Å². The van der Waals surface area contributed by atoms with E-state index >= 15 is 0 Å². The van der Waals surface area contributed by atoms with E-state index in [2.05, 4.69) is 51.4 Å². The second-order valence-electron chi connectivity index (χ2n) is 10.9. The molecule has 1 saturated carbocycles. The third-order valence-electron chi connectivity index (χ3n) is 8.50. The Hall–Kier alpha value is -3.19. The molecule has 0 spiro atoms. The summed E-state index contributed by atoms with van der Waals surface area (Å²) in [4.78, 5) is 14.2. The summed E-state index contributed by atoms with van der Waals surface area (Å²) >= 11 is 0. The summed E-state index contributed by atoms with van der Waals surface area (Å²) in [6.45, 7) is 5.69. The average molecular weight is 528 g/mol. The molecule has 2 aromatic rings. The van der Waals surface area contributed by atoms with Gasteiger partial charge in [0.25, 0.3) is 0 Å². The van der Waals surface area contributed by atoms with Crippen LogP contribution in [-0.2, 0) is 9.53 Å². The van der Waals surface area contributed by atoms with Gasteiger partial charge in [-0.05, 0) is 55.2 Å². The number of hydrogen-bond acceptors (Lipinski definition) is 7. The zero-order valence-corrected chi connectivity index (χ0v) is 22.1. The van der Waals surface area contributed by atoms with Crippen LogP contribution in [0, 0.1) is 23.7 Å². The zero-order chi connectivity index (χ0) is 26.8. The van der Waals surface area contributed by atoms with Gasteiger partial charge >= 0.3 is 0 Å². The summed E-state index contributed by atoms with van der Waals surface area (Å²) in [5.41, 5.74) is 7.95. The van der Waals surface area contributed by atoms with E-state index in [1.165, 1.54) is 11.6 Å². The third kappa shape index (κ3) is 5.46. The number of nitrogens with zero attached hydrogens (tertiary/aromatic N) is 1. The summed E-state index contributed by atoms with van der Waals surface area (Å²) in [6, 6.07) is 18.7. The van der Waals surface area contributed by atoms with Gasteiger partial charge in [0.15, 0.2) is 0 Å². The Morgan fingerprint density at radius 3 is 2.59 bits per heavy atom. The number of fused-ring (bicyclic) bond motifs is 1. The van der Waals surface area contributed by atoms with Gasteiger partial charge in [-0.15, -0.1) is 0 Å². The molecule has 8 nitrogen and oxygen atoms in total. The number of amides is 1. The van der Waals surface area contributed by atoms with Gasteiger partial charge in [0, 0.05) is 43.1 Å². The maximum atomic E-state index is 11.7. The van der Waals surface area contributed by atoms with Gasteiger partial charge in [0.2, 0.25) is 5.91 Å². The molecule has 5 N–H and O–H groups in total. The molecule has 0 aromatic heterocycles. The number of rotatable bonds is 6. The topological polar surface area (TPSA) is 101 Å². The van der Waals surface area contributed by atoms with Crippen molar-refractivity contribution in [2.24, 2.45) is 17.6 Å². The largest absolute Gasteiger partial charge is 0.457 e. The quantitative estimate of drug-likeness (QED) is 0.338. The Balaban J connectivity index is 1.28. The minimum atomic E-state index is -0.152. The first-order valence-electron chi connectivity index (χ1n) is 13.9. The maximum Gasteiger partial charge on any atom is 0.243 e. The lowest BCUT2D eigenvalue weighted by molar-refractivity contribution is -0.117. The van der Waals surface area contributed by atoms with Crippen molar-refractivity contribution >= 4 is 5.91 Å². The Bertz CT molecular complexity index is 1210. The van der Waals surface area contributed by atoms with Crippen molar-refractivity contribution in [3.63, 3.8) is 0 Å².